The highest BCUT2D eigenvalue weighted by Gasteiger charge is 2.24. The second kappa shape index (κ2) is 3.38. The van der Waals surface area contributed by atoms with E-state index in [1.807, 2.05) is 6.92 Å². The van der Waals surface area contributed by atoms with E-state index in [0.29, 0.717) is 16.8 Å². The minimum atomic E-state index is -0.942. The summed E-state index contributed by atoms with van der Waals surface area (Å²) in [6, 6.07) is 1.17. The zero-order chi connectivity index (χ0) is 10.3. The molecule has 1 aromatic rings. The molecule has 1 aromatic carbocycles. The van der Waals surface area contributed by atoms with Gasteiger partial charge < -0.3 is 10.1 Å². The van der Waals surface area contributed by atoms with Crippen molar-refractivity contribution in [2.24, 2.45) is 0 Å². The summed E-state index contributed by atoms with van der Waals surface area (Å²) in [6.45, 7) is 2.23. The molecule has 0 saturated heterocycles. The fourth-order valence-corrected chi connectivity index (χ4v) is 1.84. The van der Waals surface area contributed by atoms with Gasteiger partial charge in [-0.05, 0) is 28.9 Å². The molecule has 76 valence electrons. The van der Waals surface area contributed by atoms with Crippen LogP contribution in [0, 0.1) is 11.6 Å². The van der Waals surface area contributed by atoms with Crippen LogP contribution in [0.4, 0.5) is 14.5 Å². The number of rotatable bonds is 0. The van der Waals surface area contributed by atoms with Crippen LogP contribution < -0.4 is 10.1 Å². The predicted molar refractivity (Wildman–Crippen MR) is 52.6 cm³/mol. The number of fused-ring (bicyclic) bond motifs is 1. The maximum Gasteiger partial charge on any atom is 0.202 e. The van der Waals surface area contributed by atoms with Gasteiger partial charge in [0.1, 0.15) is 6.61 Å². The third kappa shape index (κ3) is 1.45. The summed E-state index contributed by atoms with van der Waals surface area (Å²) < 4.78 is 31.8. The lowest BCUT2D eigenvalue weighted by molar-refractivity contribution is 0.272. The van der Waals surface area contributed by atoms with Gasteiger partial charge in [-0.25, -0.2) is 4.39 Å². The average Bonchev–Trinajstić information content (AvgIpc) is 2.14. The smallest absolute Gasteiger partial charge is 0.202 e. The van der Waals surface area contributed by atoms with Crippen molar-refractivity contribution >= 4 is 21.6 Å². The highest BCUT2D eigenvalue weighted by Crippen LogP contribution is 2.39. The van der Waals surface area contributed by atoms with E-state index < -0.39 is 11.6 Å². The molecule has 2 nitrogen and oxygen atoms in total. The van der Waals surface area contributed by atoms with Gasteiger partial charge in [0.25, 0.3) is 0 Å². The van der Waals surface area contributed by atoms with E-state index in [1.165, 1.54) is 0 Å². The molecule has 0 unspecified atom stereocenters. The maximum atomic E-state index is 13.2. The molecule has 0 radical (unpaired) electrons. The highest BCUT2D eigenvalue weighted by molar-refractivity contribution is 9.10. The number of benzene rings is 1. The SMILES string of the molecule is C[C@H]1COc2c(F)c(F)cc(Br)c2N1. The molecule has 0 spiro atoms. The molecule has 14 heavy (non-hydrogen) atoms. The lowest BCUT2D eigenvalue weighted by Gasteiger charge is -2.26. The normalized spacial score (nSPS) is 19.6. The van der Waals surface area contributed by atoms with Gasteiger partial charge in [0.2, 0.25) is 5.82 Å². The van der Waals surface area contributed by atoms with Crippen molar-refractivity contribution in [3.05, 3.63) is 22.2 Å². The first-order chi connectivity index (χ1) is 6.59. The Bertz CT molecular complexity index is 384. The maximum absolute atomic E-state index is 13.2. The molecule has 1 aliphatic rings. The minimum absolute atomic E-state index is 0.0463. The summed E-state index contributed by atoms with van der Waals surface area (Å²) in [6.07, 6.45) is 0. The molecular weight excluding hydrogens is 256 g/mol. The number of hydrogen-bond acceptors (Lipinski definition) is 2. The van der Waals surface area contributed by atoms with Crippen molar-refractivity contribution in [1.29, 1.82) is 0 Å². The van der Waals surface area contributed by atoms with Crippen molar-refractivity contribution < 1.29 is 13.5 Å². The average molecular weight is 264 g/mol. The summed E-state index contributed by atoms with van der Waals surface area (Å²) >= 11 is 3.15. The fourth-order valence-electron chi connectivity index (χ4n) is 1.34. The Hall–Kier alpha value is -0.840. The van der Waals surface area contributed by atoms with Crippen LogP contribution in [0.2, 0.25) is 0 Å². The van der Waals surface area contributed by atoms with Crippen LogP contribution in [0.25, 0.3) is 0 Å². The molecule has 1 heterocycles. The van der Waals surface area contributed by atoms with Crippen molar-refractivity contribution in [2.45, 2.75) is 13.0 Å². The van der Waals surface area contributed by atoms with Crippen LogP contribution >= 0.6 is 15.9 Å². The summed E-state index contributed by atoms with van der Waals surface area (Å²) in [5, 5.41) is 3.02. The van der Waals surface area contributed by atoms with Gasteiger partial charge in [-0.3, -0.25) is 0 Å². The molecule has 2 rings (SSSR count). The number of halogens is 3. The predicted octanol–water partition coefficient (Wildman–Crippen LogP) is 2.92. The van der Waals surface area contributed by atoms with Crippen LogP contribution in [0.3, 0.4) is 0 Å². The number of nitrogens with one attached hydrogen (secondary N) is 1. The number of anilines is 1. The first-order valence-electron chi connectivity index (χ1n) is 4.16. The van der Waals surface area contributed by atoms with Crippen molar-refractivity contribution in [1.82, 2.24) is 0 Å². The van der Waals surface area contributed by atoms with Crippen LogP contribution in [-0.4, -0.2) is 12.6 Å². The minimum Gasteiger partial charge on any atom is -0.486 e. The molecule has 0 fully saturated rings. The Morgan fingerprint density at radius 2 is 2.29 bits per heavy atom. The topological polar surface area (TPSA) is 21.3 Å². The van der Waals surface area contributed by atoms with Gasteiger partial charge in [0.05, 0.1) is 11.7 Å². The third-order valence-electron chi connectivity index (χ3n) is 2.00. The second-order valence-electron chi connectivity index (χ2n) is 3.21. The molecule has 0 aliphatic carbocycles. The van der Waals surface area contributed by atoms with E-state index in [0.717, 1.165) is 6.07 Å². The third-order valence-corrected chi connectivity index (χ3v) is 2.62. The van der Waals surface area contributed by atoms with Crippen LogP contribution in [0.1, 0.15) is 6.92 Å². The highest BCUT2D eigenvalue weighted by atomic mass is 79.9. The monoisotopic (exact) mass is 263 g/mol. The van der Waals surface area contributed by atoms with E-state index in [9.17, 15) is 8.78 Å². The molecular formula is C9H8BrF2NO. The first-order valence-corrected chi connectivity index (χ1v) is 4.95. The van der Waals surface area contributed by atoms with E-state index in [1.54, 1.807) is 0 Å². The van der Waals surface area contributed by atoms with Crippen LogP contribution in [0.15, 0.2) is 10.5 Å². The molecule has 5 heteroatoms. The molecule has 1 atom stereocenters. The van der Waals surface area contributed by atoms with Crippen LogP contribution in [-0.2, 0) is 0 Å². The Kier molecular flexibility index (Phi) is 2.34. The Morgan fingerprint density at radius 1 is 1.57 bits per heavy atom. The molecule has 0 aromatic heterocycles. The van der Waals surface area contributed by atoms with Gasteiger partial charge in [0.15, 0.2) is 11.6 Å². The molecule has 0 bridgehead atoms. The quantitative estimate of drug-likeness (QED) is 0.727. The van der Waals surface area contributed by atoms with Gasteiger partial charge in [-0.2, -0.15) is 4.39 Å². The lowest BCUT2D eigenvalue weighted by atomic mass is 10.2. The number of ether oxygens (including phenoxy) is 1. The van der Waals surface area contributed by atoms with Crippen molar-refractivity contribution in [3.63, 3.8) is 0 Å². The van der Waals surface area contributed by atoms with Gasteiger partial charge in [0, 0.05) is 4.47 Å². The fraction of sp³-hybridized carbons (Fsp3) is 0.333. The van der Waals surface area contributed by atoms with Crippen molar-refractivity contribution in [3.8, 4) is 5.75 Å². The zero-order valence-electron chi connectivity index (χ0n) is 7.40. The zero-order valence-corrected chi connectivity index (χ0v) is 8.99. The number of hydrogen-bond donors (Lipinski definition) is 1. The van der Waals surface area contributed by atoms with Crippen molar-refractivity contribution in [2.75, 3.05) is 11.9 Å². The van der Waals surface area contributed by atoms with E-state index >= 15 is 0 Å². The van der Waals surface area contributed by atoms with Crippen LogP contribution in [0.5, 0.6) is 5.75 Å². The van der Waals surface area contributed by atoms with E-state index in [4.69, 9.17) is 4.74 Å². The Labute approximate surface area is 88.4 Å². The first kappa shape index (κ1) is 9.71. The Balaban J connectivity index is 2.57. The summed E-state index contributed by atoms with van der Waals surface area (Å²) in [5.74, 6) is -1.90. The van der Waals surface area contributed by atoms with Gasteiger partial charge >= 0.3 is 0 Å². The summed E-state index contributed by atoms with van der Waals surface area (Å²) in [7, 11) is 0. The second-order valence-corrected chi connectivity index (χ2v) is 4.07. The largest absolute Gasteiger partial charge is 0.486 e. The molecule has 0 amide bonds. The molecule has 1 aliphatic heterocycles. The van der Waals surface area contributed by atoms with E-state index in [-0.39, 0.29) is 11.8 Å². The standard InChI is InChI=1S/C9H8BrF2NO/c1-4-3-14-9-7(12)6(11)2-5(10)8(9)13-4/h2,4,13H,3H2,1H3/t4-/m0/s1. The molecule has 1 N–H and O–H groups in total. The molecule has 0 saturated carbocycles. The summed E-state index contributed by atoms with van der Waals surface area (Å²) in [4.78, 5) is 0. The van der Waals surface area contributed by atoms with Gasteiger partial charge in [-0.1, -0.05) is 0 Å². The lowest BCUT2D eigenvalue weighted by Crippen LogP contribution is -2.29. The van der Waals surface area contributed by atoms with E-state index in [2.05, 4.69) is 21.2 Å². The Morgan fingerprint density at radius 3 is 3.00 bits per heavy atom. The van der Waals surface area contributed by atoms with Gasteiger partial charge in [-0.15, -0.1) is 0 Å². The summed E-state index contributed by atoms with van der Waals surface area (Å²) in [5.41, 5.74) is 0.475.